The second kappa shape index (κ2) is 8.38. The Bertz CT molecular complexity index is 306. The zero-order valence-corrected chi connectivity index (χ0v) is 12.8. The number of halogens is 1. The maximum Gasteiger partial charge on any atom is 0.241 e. The molecule has 1 aliphatic rings. The van der Waals surface area contributed by atoms with Crippen LogP contribution in [0.25, 0.3) is 0 Å². The molecule has 0 unspecified atom stereocenters. The van der Waals surface area contributed by atoms with Gasteiger partial charge in [-0.15, -0.1) is 12.4 Å². The summed E-state index contributed by atoms with van der Waals surface area (Å²) in [5.74, 6) is 0.419. The van der Waals surface area contributed by atoms with Gasteiger partial charge >= 0.3 is 0 Å². The topological polar surface area (TPSA) is 75.4 Å². The molecule has 1 aliphatic carbocycles. The van der Waals surface area contributed by atoms with Crippen LogP contribution in [0.2, 0.25) is 0 Å². The van der Waals surface area contributed by atoms with E-state index in [0.717, 1.165) is 6.54 Å². The molecule has 2 amide bonds. The lowest BCUT2D eigenvalue weighted by Crippen LogP contribution is -2.48. The van der Waals surface area contributed by atoms with Gasteiger partial charge in [0.05, 0.1) is 12.6 Å². The van der Waals surface area contributed by atoms with Gasteiger partial charge in [-0.2, -0.15) is 0 Å². The molecule has 1 atom stereocenters. The van der Waals surface area contributed by atoms with E-state index in [4.69, 9.17) is 5.73 Å². The molecule has 3 N–H and O–H groups in total. The summed E-state index contributed by atoms with van der Waals surface area (Å²) in [4.78, 5) is 25.1. The largest absolute Gasteiger partial charge is 0.346 e. The Morgan fingerprint density at radius 3 is 2.37 bits per heavy atom. The first-order valence-corrected chi connectivity index (χ1v) is 6.69. The lowest BCUT2D eigenvalue weighted by molar-refractivity contribution is -0.133. The van der Waals surface area contributed by atoms with Crippen molar-refractivity contribution in [2.24, 2.45) is 17.6 Å². The minimum atomic E-state index is -0.547. The van der Waals surface area contributed by atoms with Crippen molar-refractivity contribution in [3.8, 4) is 0 Å². The molecule has 0 aliphatic heterocycles. The van der Waals surface area contributed by atoms with Crippen molar-refractivity contribution in [1.82, 2.24) is 10.2 Å². The van der Waals surface area contributed by atoms with E-state index in [2.05, 4.69) is 5.32 Å². The quantitative estimate of drug-likeness (QED) is 0.759. The van der Waals surface area contributed by atoms with Gasteiger partial charge in [0, 0.05) is 13.6 Å². The summed E-state index contributed by atoms with van der Waals surface area (Å²) >= 11 is 0. The first-order chi connectivity index (χ1) is 8.41. The van der Waals surface area contributed by atoms with E-state index < -0.39 is 6.04 Å². The summed E-state index contributed by atoms with van der Waals surface area (Å²) in [6.07, 6.45) is 3.69. The molecule has 5 nitrogen and oxygen atoms in total. The van der Waals surface area contributed by atoms with Crippen LogP contribution in [-0.2, 0) is 9.59 Å². The van der Waals surface area contributed by atoms with Crippen molar-refractivity contribution < 1.29 is 9.59 Å². The van der Waals surface area contributed by atoms with Crippen LogP contribution in [-0.4, -0.2) is 42.9 Å². The third kappa shape index (κ3) is 5.78. The van der Waals surface area contributed by atoms with Gasteiger partial charge in [-0.05, 0) is 24.7 Å². The Balaban J connectivity index is 0.00000324. The monoisotopic (exact) mass is 291 g/mol. The maximum absolute atomic E-state index is 11.8. The molecule has 1 saturated carbocycles. The normalized spacial score (nSPS) is 16.3. The number of nitrogens with two attached hydrogens (primary N) is 1. The molecule has 0 heterocycles. The van der Waals surface area contributed by atoms with E-state index in [1.54, 1.807) is 11.9 Å². The second-order valence-corrected chi connectivity index (χ2v) is 5.56. The number of likely N-dealkylation sites (N-methyl/N-ethyl adjacent to an activating group) is 1. The Labute approximate surface area is 121 Å². The van der Waals surface area contributed by atoms with E-state index in [1.807, 2.05) is 13.8 Å². The highest BCUT2D eigenvalue weighted by Gasteiger charge is 2.22. The van der Waals surface area contributed by atoms with Gasteiger partial charge in [-0.3, -0.25) is 9.59 Å². The summed E-state index contributed by atoms with van der Waals surface area (Å²) in [5.41, 5.74) is 5.70. The number of hydrogen-bond acceptors (Lipinski definition) is 3. The average Bonchev–Trinajstić information content (AvgIpc) is 2.28. The lowest BCUT2D eigenvalue weighted by atomic mass is 9.85. The van der Waals surface area contributed by atoms with Crippen LogP contribution in [0.4, 0.5) is 0 Å². The van der Waals surface area contributed by atoms with Crippen molar-refractivity contribution >= 4 is 24.2 Å². The van der Waals surface area contributed by atoms with Crippen LogP contribution < -0.4 is 11.1 Å². The summed E-state index contributed by atoms with van der Waals surface area (Å²) in [7, 11) is 1.79. The number of amides is 2. The second-order valence-electron chi connectivity index (χ2n) is 5.56. The Kier molecular flexibility index (Phi) is 8.02. The van der Waals surface area contributed by atoms with Gasteiger partial charge in [-0.25, -0.2) is 0 Å². The zero-order chi connectivity index (χ0) is 13.7. The van der Waals surface area contributed by atoms with Gasteiger partial charge in [0.2, 0.25) is 11.8 Å². The minimum absolute atomic E-state index is 0. The van der Waals surface area contributed by atoms with Crippen molar-refractivity contribution in [3.63, 3.8) is 0 Å². The SMILES string of the molecule is CC(C)[C@H](N)C(=O)NCC(=O)N(C)CC1CCC1.Cl. The number of rotatable bonds is 6. The van der Waals surface area contributed by atoms with Crippen LogP contribution in [0, 0.1) is 11.8 Å². The minimum Gasteiger partial charge on any atom is -0.346 e. The first kappa shape index (κ1) is 18.2. The third-order valence-electron chi connectivity index (χ3n) is 3.62. The summed E-state index contributed by atoms with van der Waals surface area (Å²) in [6, 6.07) is -0.547. The van der Waals surface area contributed by atoms with Crippen molar-refractivity contribution in [3.05, 3.63) is 0 Å². The van der Waals surface area contributed by atoms with E-state index in [0.29, 0.717) is 5.92 Å². The number of carbonyl (C=O) groups is 2. The van der Waals surface area contributed by atoms with Gasteiger partial charge in [-0.1, -0.05) is 20.3 Å². The summed E-state index contributed by atoms with van der Waals surface area (Å²) in [6.45, 7) is 4.61. The standard InChI is InChI=1S/C13H25N3O2.ClH/c1-9(2)12(14)13(18)15-7-11(17)16(3)8-10-5-4-6-10;/h9-10,12H,4-8,14H2,1-3H3,(H,15,18);1H/t12-;/m0./s1. The van der Waals surface area contributed by atoms with Crippen molar-refractivity contribution in [2.45, 2.75) is 39.2 Å². The van der Waals surface area contributed by atoms with Crippen LogP contribution in [0.3, 0.4) is 0 Å². The van der Waals surface area contributed by atoms with Gasteiger partial charge in [0.25, 0.3) is 0 Å². The van der Waals surface area contributed by atoms with E-state index in [-0.39, 0.29) is 36.7 Å². The molecule has 1 fully saturated rings. The van der Waals surface area contributed by atoms with E-state index in [1.165, 1.54) is 19.3 Å². The van der Waals surface area contributed by atoms with Crippen LogP contribution >= 0.6 is 12.4 Å². The van der Waals surface area contributed by atoms with Crippen LogP contribution in [0.5, 0.6) is 0 Å². The molecule has 0 aromatic rings. The Morgan fingerprint density at radius 1 is 1.37 bits per heavy atom. The molecule has 6 heteroatoms. The van der Waals surface area contributed by atoms with Gasteiger partial charge < -0.3 is 16.0 Å². The Morgan fingerprint density at radius 2 is 1.95 bits per heavy atom. The molecule has 0 radical (unpaired) electrons. The third-order valence-corrected chi connectivity index (χ3v) is 3.62. The molecular weight excluding hydrogens is 266 g/mol. The first-order valence-electron chi connectivity index (χ1n) is 6.69. The molecule has 0 saturated heterocycles. The highest BCUT2D eigenvalue weighted by Crippen LogP contribution is 2.26. The predicted molar refractivity (Wildman–Crippen MR) is 78.0 cm³/mol. The van der Waals surface area contributed by atoms with Crippen LogP contribution in [0.1, 0.15) is 33.1 Å². The maximum atomic E-state index is 11.8. The van der Waals surface area contributed by atoms with E-state index in [9.17, 15) is 9.59 Å². The predicted octanol–water partition coefficient (Wildman–Crippen LogP) is 0.766. The van der Waals surface area contributed by atoms with E-state index >= 15 is 0 Å². The molecule has 0 aromatic carbocycles. The number of hydrogen-bond donors (Lipinski definition) is 2. The summed E-state index contributed by atoms with van der Waals surface area (Å²) < 4.78 is 0. The number of nitrogens with one attached hydrogen (secondary N) is 1. The van der Waals surface area contributed by atoms with Gasteiger partial charge in [0.15, 0.2) is 0 Å². The molecular formula is C13H26ClN3O2. The fourth-order valence-electron chi connectivity index (χ4n) is 1.88. The molecule has 0 aromatic heterocycles. The molecule has 1 rings (SSSR count). The lowest BCUT2D eigenvalue weighted by Gasteiger charge is -2.30. The van der Waals surface area contributed by atoms with Crippen molar-refractivity contribution in [1.29, 1.82) is 0 Å². The highest BCUT2D eigenvalue weighted by molar-refractivity contribution is 5.87. The van der Waals surface area contributed by atoms with Gasteiger partial charge in [0.1, 0.15) is 0 Å². The fourth-order valence-corrected chi connectivity index (χ4v) is 1.88. The zero-order valence-electron chi connectivity index (χ0n) is 12.0. The molecule has 0 bridgehead atoms. The smallest absolute Gasteiger partial charge is 0.241 e. The Hall–Kier alpha value is -0.810. The number of nitrogens with zero attached hydrogens (tertiary/aromatic N) is 1. The molecule has 112 valence electrons. The molecule has 0 spiro atoms. The van der Waals surface area contributed by atoms with Crippen LogP contribution in [0.15, 0.2) is 0 Å². The average molecular weight is 292 g/mol. The highest BCUT2D eigenvalue weighted by atomic mass is 35.5. The summed E-state index contributed by atoms with van der Waals surface area (Å²) in [5, 5.41) is 2.60. The number of carbonyl (C=O) groups excluding carboxylic acids is 2. The molecule has 19 heavy (non-hydrogen) atoms. The fraction of sp³-hybridized carbons (Fsp3) is 0.846. The van der Waals surface area contributed by atoms with Crippen molar-refractivity contribution in [2.75, 3.05) is 20.1 Å².